The zero-order valence-corrected chi connectivity index (χ0v) is 18.9. The van der Waals surface area contributed by atoms with E-state index in [0.29, 0.717) is 28.2 Å². The molecule has 0 atom stereocenters. The average Bonchev–Trinajstić information content (AvgIpc) is 3.20. The van der Waals surface area contributed by atoms with Crippen molar-refractivity contribution < 1.29 is 9.59 Å². The fourth-order valence-corrected chi connectivity index (χ4v) is 4.35. The summed E-state index contributed by atoms with van der Waals surface area (Å²) in [6, 6.07) is 13.1. The molecule has 2 aromatic carbocycles. The Bertz CT molecular complexity index is 1140. The van der Waals surface area contributed by atoms with E-state index in [9.17, 15) is 9.59 Å². The molecular formula is C25H30N6O2. The molecule has 3 aromatic rings. The predicted molar refractivity (Wildman–Crippen MR) is 130 cm³/mol. The highest BCUT2D eigenvalue weighted by Gasteiger charge is 2.19. The molecule has 1 saturated carbocycles. The Labute approximate surface area is 193 Å². The second-order valence-electron chi connectivity index (χ2n) is 9.13. The topological polar surface area (TPSA) is 93.4 Å². The number of benzene rings is 2. The maximum Gasteiger partial charge on any atom is 0.256 e. The molecule has 0 spiro atoms. The molecular weight excluding hydrogens is 416 g/mol. The van der Waals surface area contributed by atoms with Gasteiger partial charge in [-0.2, -0.15) is 5.10 Å². The van der Waals surface area contributed by atoms with Crippen LogP contribution in [0.4, 0.5) is 11.5 Å². The molecule has 2 fully saturated rings. The lowest BCUT2D eigenvalue weighted by atomic mass is 9.85. The van der Waals surface area contributed by atoms with Crippen LogP contribution >= 0.6 is 0 Å². The van der Waals surface area contributed by atoms with Crippen molar-refractivity contribution >= 4 is 34.2 Å². The quantitative estimate of drug-likeness (QED) is 0.541. The van der Waals surface area contributed by atoms with Crippen molar-refractivity contribution in [3.8, 4) is 0 Å². The number of rotatable bonds is 6. The van der Waals surface area contributed by atoms with Crippen molar-refractivity contribution in [1.29, 1.82) is 0 Å². The number of carbonyl (C=O) groups is 2. The first-order valence-corrected chi connectivity index (χ1v) is 11.7. The highest BCUT2D eigenvalue weighted by molar-refractivity contribution is 6.09. The molecule has 5 rings (SSSR count). The third kappa shape index (κ3) is 4.71. The Morgan fingerprint density at radius 3 is 2.42 bits per heavy atom. The van der Waals surface area contributed by atoms with Crippen molar-refractivity contribution in [2.24, 2.45) is 5.92 Å². The molecule has 2 heterocycles. The van der Waals surface area contributed by atoms with Gasteiger partial charge in [-0.1, -0.05) is 6.42 Å². The van der Waals surface area contributed by atoms with Crippen LogP contribution in [0.1, 0.15) is 40.0 Å². The van der Waals surface area contributed by atoms with Gasteiger partial charge >= 0.3 is 0 Å². The lowest BCUT2D eigenvalue weighted by Crippen LogP contribution is -2.44. The highest BCUT2D eigenvalue weighted by atomic mass is 16.2. The summed E-state index contributed by atoms with van der Waals surface area (Å²) in [4.78, 5) is 30.1. The summed E-state index contributed by atoms with van der Waals surface area (Å²) < 4.78 is 0. The van der Waals surface area contributed by atoms with Gasteiger partial charge in [-0.3, -0.25) is 14.7 Å². The van der Waals surface area contributed by atoms with Gasteiger partial charge in [0.05, 0.1) is 5.52 Å². The lowest BCUT2D eigenvalue weighted by molar-refractivity contribution is 0.0938. The Morgan fingerprint density at radius 2 is 1.73 bits per heavy atom. The number of piperazine rings is 1. The summed E-state index contributed by atoms with van der Waals surface area (Å²) in [6.07, 6.45) is 3.63. The van der Waals surface area contributed by atoms with Gasteiger partial charge in [-0.05, 0) is 68.3 Å². The van der Waals surface area contributed by atoms with Gasteiger partial charge in [0.15, 0.2) is 5.82 Å². The first-order valence-electron chi connectivity index (χ1n) is 11.7. The summed E-state index contributed by atoms with van der Waals surface area (Å²) in [7, 11) is 2.13. The van der Waals surface area contributed by atoms with Gasteiger partial charge in [-0.15, -0.1) is 0 Å². The van der Waals surface area contributed by atoms with E-state index in [2.05, 4.69) is 37.7 Å². The Morgan fingerprint density at radius 1 is 1.00 bits per heavy atom. The molecule has 0 radical (unpaired) electrons. The number of nitrogens with one attached hydrogen (secondary N) is 3. The fraction of sp³-hybridized carbons (Fsp3) is 0.400. The number of amides is 2. The molecule has 2 amide bonds. The number of aromatic amines is 1. The number of hydrogen-bond donors (Lipinski definition) is 3. The zero-order chi connectivity index (χ0) is 22.8. The monoisotopic (exact) mass is 446 g/mol. The highest BCUT2D eigenvalue weighted by Crippen LogP contribution is 2.26. The molecule has 0 unspecified atom stereocenters. The standard InChI is InChI=1S/C25H30N6O2/c1-30-11-13-31(14-12-30)20-8-5-18(6-9-20)25(33)27-23-21-15-19(7-10-22(21)28-29-23)24(32)26-16-17-3-2-4-17/h5-10,15,17H,2-4,11-14,16H2,1H3,(H,26,32)(H2,27,28,29,33). The number of fused-ring (bicyclic) bond motifs is 1. The number of aromatic nitrogens is 2. The van der Waals surface area contributed by atoms with E-state index in [-0.39, 0.29) is 11.8 Å². The van der Waals surface area contributed by atoms with Gasteiger partial charge in [-0.25, -0.2) is 0 Å². The number of nitrogens with zero attached hydrogens (tertiary/aromatic N) is 3. The number of hydrogen-bond acceptors (Lipinski definition) is 5. The molecule has 172 valence electrons. The first kappa shape index (κ1) is 21.5. The van der Waals surface area contributed by atoms with E-state index in [1.165, 1.54) is 19.3 Å². The minimum atomic E-state index is -0.229. The van der Waals surface area contributed by atoms with Gasteiger partial charge in [0, 0.05) is 54.9 Å². The molecule has 2 aliphatic rings. The van der Waals surface area contributed by atoms with Crippen LogP contribution in [-0.2, 0) is 0 Å². The second kappa shape index (κ2) is 9.23. The Hall–Kier alpha value is -3.39. The maximum absolute atomic E-state index is 12.9. The summed E-state index contributed by atoms with van der Waals surface area (Å²) in [5, 5.41) is 13.8. The van der Waals surface area contributed by atoms with Gasteiger partial charge in [0.1, 0.15) is 0 Å². The average molecular weight is 447 g/mol. The van der Waals surface area contributed by atoms with E-state index in [1.54, 1.807) is 12.1 Å². The van der Waals surface area contributed by atoms with Crippen LogP contribution in [0.3, 0.4) is 0 Å². The van der Waals surface area contributed by atoms with E-state index >= 15 is 0 Å². The summed E-state index contributed by atoms with van der Waals surface area (Å²) in [5.74, 6) is 0.700. The SMILES string of the molecule is CN1CCN(c2ccc(C(=O)Nc3n[nH]c4ccc(C(=O)NCC5CCC5)cc34)cc2)CC1. The Balaban J connectivity index is 1.26. The van der Waals surface area contributed by atoms with E-state index in [1.807, 2.05) is 30.3 Å². The largest absolute Gasteiger partial charge is 0.369 e. The number of H-pyrrole nitrogens is 1. The normalized spacial score (nSPS) is 17.1. The molecule has 1 aliphatic heterocycles. The van der Waals surface area contributed by atoms with Crippen LogP contribution in [0.5, 0.6) is 0 Å². The van der Waals surface area contributed by atoms with Crippen molar-refractivity contribution in [3.63, 3.8) is 0 Å². The third-order valence-electron chi connectivity index (χ3n) is 6.83. The smallest absolute Gasteiger partial charge is 0.256 e. The van der Waals surface area contributed by atoms with Crippen molar-refractivity contribution in [2.75, 3.05) is 50.0 Å². The minimum absolute atomic E-state index is 0.0956. The fourth-order valence-electron chi connectivity index (χ4n) is 4.35. The molecule has 1 aliphatic carbocycles. The number of likely N-dealkylation sites (N-methyl/N-ethyl adjacent to an activating group) is 1. The van der Waals surface area contributed by atoms with E-state index in [4.69, 9.17) is 0 Å². The van der Waals surface area contributed by atoms with Gasteiger partial charge in [0.25, 0.3) is 11.8 Å². The lowest BCUT2D eigenvalue weighted by Gasteiger charge is -2.34. The maximum atomic E-state index is 12.9. The van der Waals surface area contributed by atoms with E-state index < -0.39 is 0 Å². The molecule has 33 heavy (non-hydrogen) atoms. The molecule has 1 aromatic heterocycles. The van der Waals surface area contributed by atoms with Crippen LogP contribution in [-0.4, -0.2) is 66.7 Å². The van der Waals surface area contributed by atoms with Crippen LogP contribution in [0, 0.1) is 5.92 Å². The van der Waals surface area contributed by atoms with Crippen LogP contribution in [0.25, 0.3) is 10.9 Å². The van der Waals surface area contributed by atoms with Crippen molar-refractivity contribution in [1.82, 2.24) is 20.4 Å². The molecule has 0 bridgehead atoms. The molecule has 8 nitrogen and oxygen atoms in total. The molecule has 1 saturated heterocycles. The second-order valence-corrected chi connectivity index (χ2v) is 9.13. The summed E-state index contributed by atoms with van der Waals surface area (Å²) in [6.45, 7) is 4.76. The zero-order valence-electron chi connectivity index (χ0n) is 18.9. The summed E-state index contributed by atoms with van der Waals surface area (Å²) in [5.41, 5.74) is 3.03. The predicted octanol–water partition coefficient (Wildman–Crippen LogP) is 3.10. The molecule has 8 heteroatoms. The Kier molecular flexibility index (Phi) is 6.00. The van der Waals surface area contributed by atoms with E-state index in [0.717, 1.165) is 43.9 Å². The van der Waals surface area contributed by atoms with Crippen LogP contribution in [0.2, 0.25) is 0 Å². The van der Waals surface area contributed by atoms with Crippen LogP contribution in [0.15, 0.2) is 42.5 Å². The summed E-state index contributed by atoms with van der Waals surface area (Å²) >= 11 is 0. The van der Waals surface area contributed by atoms with Crippen molar-refractivity contribution in [3.05, 3.63) is 53.6 Å². The van der Waals surface area contributed by atoms with Gasteiger partial charge in [0.2, 0.25) is 0 Å². The van der Waals surface area contributed by atoms with Crippen molar-refractivity contribution in [2.45, 2.75) is 19.3 Å². The number of carbonyl (C=O) groups excluding carboxylic acids is 2. The number of anilines is 2. The van der Waals surface area contributed by atoms with Crippen LogP contribution < -0.4 is 15.5 Å². The van der Waals surface area contributed by atoms with Gasteiger partial charge < -0.3 is 20.4 Å². The minimum Gasteiger partial charge on any atom is -0.369 e. The first-order chi connectivity index (χ1) is 16.1. The third-order valence-corrected chi connectivity index (χ3v) is 6.83. The molecule has 3 N–H and O–H groups in total.